The van der Waals surface area contributed by atoms with Crippen LogP contribution in [0.1, 0.15) is 25.2 Å². The normalized spacial score (nSPS) is 15.1. The number of H-pyrrole nitrogens is 1. The standard InChI is InChI=1S/C25H31N5O2/c1-19(2)30(17-23-26-22-11-7-6-10-21(22)25(32)27-23)18-24(31)29-14-12-28(13-15-29)16-20-8-4-3-5-9-20/h3-11,19H,12-18H2,1-2H3,(H,26,27,32). The summed E-state index contributed by atoms with van der Waals surface area (Å²) >= 11 is 0. The van der Waals surface area contributed by atoms with Crippen LogP contribution in [0.3, 0.4) is 0 Å². The molecule has 0 radical (unpaired) electrons. The quantitative estimate of drug-likeness (QED) is 0.620. The fraction of sp³-hybridized carbons (Fsp3) is 0.400. The molecule has 1 saturated heterocycles. The van der Waals surface area contributed by atoms with Crippen molar-refractivity contribution < 1.29 is 4.79 Å². The fourth-order valence-corrected chi connectivity index (χ4v) is 4.09. The lowest BCUT2D eigenvalue weighted by Crippen LogP contribution is -2.51. The van der Waals surface area contributed by atoms with Crippen LogP contribution in [-0.2, 0) is 17.9 Å². The van der Waals surface area contributed by atoms with Gasteiger partial charge in [0.15, 0.2) is 0 Å². The van der Waals surface area contributed by atoms with Gasteiger partial charge in [-0.25, -0.2) is 4.98 Å². The maximum absolute atomic E-state index is 13.0. The van der Waals surface area contributed by atoms with Gasteiger partial charge in [0, 0.05) is 38.8 Å². The number of nitrogens with one attached hydrogen (secondary N) is 1. The lowest BCUT2D eigenvalue weighted by molar-refractivity contribution is -0.134. The Balaban J connectivity index is 1.35. The van der Waals surface area contributed by atoms with Crippen molar-refractivity contribution in [1.29, 1.82) is 0 Å². The molecule has 3 aromatic rings. The number of fused-ring (bicyclic) bond motifs is 1. The van der Waals surface area contributed by atoms with Gasteiger partial charge >= 0.3 is 0 Å². The van der Waals surface area contributed by atoms with Crippen LogP contribution in [0.5, 0.6) is 0 Å². The van der Waals surface area contributed by atoms with E-state index >= 15 is 0 Å². The van der Waals surface area contributed by atoms with Crippen LogP contribution in [0.15, 0.2) is 59.4 Å². The van der Waals surface area contributed by atoms with E-state index in [9.17, 15) is 9.59 Å². The number of hydrogen-bond donors (Lipinski definition) is 1. The number of para-hydroxylation sites is 1. The van der Waals surface area contributed by atoms with Gasteiger partial charge in [-0.2, -0.15) is 0 Å². The predicted octanol–water partition coefficient (Wildman–Crippen LogP) is 2.48. The van der Waals surface area contributed by atoms with Crippen LogP contribution in [0, 0.1) is 0 Å². The molecule has 0 aliphatic carbocycles. The molecule has 1 aromatic heterocycles. The van der Waals surface area contributed by atoms with Gasteiger partial charge in [0.1, 0.15) is 5.82 Å². The molecule has 7 nitrogen and oxygen atoms in total. The number of nitrogens with zero attached hydrogens (tertiary/aromatic N) is 4. The number of aromatic amines is 1. The van der Waals surface area contributed by atoms with Crippen molar-refractivity contribution in [1.82, 2.24) is 24.7 Å². The fourth-order valence-electron chi connectivity index (χ4n) is 4.09. The van der Waals surface area contributed by atoms with Crippen LogP contribution in [0.4, 0.5) is 0 Å². The minimum atomic E-state index is -0.143. The van der Waals surface area contributed by atoms with E-state index in [1.54, 1.807) is 6.07 Å². The number of rotatable bonds is 7. The average Bonchev–Trinajstić information content (AvgIpc) is 2.80. The van der Waals surface area contributed by atoms with Crippen molar-refractivity contribution in [2.75, 3.05) is 32.7 Å². The van der Waals surface area contributed by atoms with Crippen molar-refractivity contribution in [2.45, 2.75) is 33.0 Å². The van der Waals surface area contributed by atoms with E-state index in [1.807, 2.05) is 29.2 Å². The van der Waals surface area contributed by atoms with Gasteiger partial charge in [-0.15, -0.1) is 0 Å². The van der Waals surface area contributed by atoms with Crippen molar-refractivity contribution in [2.24, 2.45) is 0 Å². The number of benzene rings is 2. The van der Waals surface area contributed by atoms with Crippen LogP contribution >= 0.6 is 0 Å². The van der Waals surface area contributed by atoms with E-state index in [4.69, 9.17) is 0 Å². The molecule has 2 heterocycles. The molecule has 0 bridgehead atoms. The van der Waals surface area contributed by atoms with Gasteiger partial charge in [0.25, 0.3) is 5.56 Å². The Kier molecular flexibility index (Phi) is 6.97. The Morgan fingerprint density at radius 1 is 1.03 bits per heavy atom. The number of carbonyl (C=O) groups excluding carboxylic acids is 1. The molecular weight excluding hydrogens is 402 g/mol. The van der Waals surface area contributed by atoms with Crippen molar-refractivity contribution in [3.8, 4) is 0 Å². The first-order valence-electron chi connectivity index (χ1n) is 11.3. The van der Waals surface area contributed by atoms with Gasteiger partial charge in [-0.1, -0.05) is 42.5 Å². The highest BCUT2D eigenvalue weighted by Crippen LogP contribution is 2.12. The van der Waals surface area contributed by atoms with Gasteiger partial charge in [0.05, 0.1) is 24.0 Å². The Labute approximate surface area is 188 Å². The van der Waals surface area contributed by atoms with Gasteiger partial charge < -0.3 is 9.88 Å². The Bertz CT molecular complexity index is 1100. The SMILES string of the molecule is CC(C)N(CC(=O)N1CCN(Cc2ccccc2)CC1)Cc1nc2ccccc2c(=O)[nH]1. The Morgan fingerprint density at radius 2 is 1.72 bits per heavy atom. The number of carbonyl (C=O) groups is 1. The minimum Gasteiger partial charge on any atom is -0.339 e. The van der Waals surface area contributed by atoms with Crippen LogP contribution in [0.25, 0.3) is 10.9 Å². The maximum Gasteiger partial charge on any atom is 0.258 e. The lowest BCUT2D eigenvalue weighted by atomic mass is 10.2. The van der Waals surface area contributed by atoms with E-state index in [0.717, 1.165) is 32.7 Å². The van der Waals surface area contributed by atoms with E-state index in [2.05, 4.69) is 57.9 Å². The topological polar surface area (TPSA) is 72.5 Å². The van der Waals surface area contributed by atoms with Gasteiger partial charge in [0.2, 0.25) is 5.91 Å². The van der Waals surface area contributed by atoms with Crippen molar-refractivity contribution in [3.05, 3.63) is 76.3 Å². The summed E-state index contributed by atoms with van der Waals surface area (Å²) < 4.78 is 0. The molecule has 4 rings (SSSR count). The zero-order valence-electron chi connectivity index (χ0n) is 18.8. The molecule has 32 heavy (non-hydrogen) atoms. The smallest absolute Gasteiger partial charge is 0.258 e. The summed E-state index contributed by atoms with van der Waals surface area (Å²) in [6, 6.07) is 17.9. The van der Waals surface area contributed by atoms with E-state index in [-0.39, 0.29) is 17.5 Å². The van der Waals surface area contributed by atoms with Crippen molar-refractivity contribution in [3.63, 3.8) is 0 Å². The summed E-state index contributed by atoms with van der Waals surface area (Å²) in [4.78, 5) is 39.3. The summed E-state index contributed by atoms with van der Waals surface area (Å²) in [6.45, 7) is 9.01. The zero-order valence-corrected chi connectivity index (χ0v) is 18.8. The second kappa shape index (κ2) is 10.1. The highest BCUT2D eigenvalue weighted by molar-refractivity contribution is 5.78. The molecule has 168 valence electrons. The summed E-state index contributed by atoms with van der Waals surface area (Å²) in [5.41, 5.74) is 1.83. The Morgan fingerprint density at radius 3 is 2.44 bits per heavy atom. The van der Waals surface area contributed by atoms with Crippen LogP contribution in [-0.4, -0.2) is 69.3 Å². The molecule has 1 aliphatic heterocycles. The number of piperazine rings is 1. The summed E-state index contributed by atoms with van der Waals surface area (Å²) in [6.07, 6.45) is 0. The zero-order chi connectivity index (χ0) is 22.5. The molecule has 7 heteroatoms. The Hall–Kier alpha value is -3.03. The molecule has 1 aliphatic rings. The molecule has 1 amide bonds. The third kappa shape index (κ3) is 5.41. The molecule has 0 spiro atoms. The number of hydrogen-bond acceptors (Lipinski definition) is 5. The predicted molar refractivity (Wildman–Crippen MR) is 126 cm³/mol. The van der Waals surface area contributed by atoms with Crippen molar-refractivity contribution >= 4 is 16.8 Å². The monoisotopic (exact) mass is 433 g/mol. The van der Waals surface area contributed by atoms with E-state index in [1.165, 1.54) is 5.56 Å². The highest BCUT2D eigenvalue weighted by Gasteiger charge is 2.24. The highest BCUT2D eigenvalue weighted by atomic mass is 16.2. The molecule has 0 unspecified atom stereocenters. The third-order valence-corrected chi connectivity index (χ3v) is 6.06. The van der Waals surface area contributed by atoms with E-state index < -0.39 is 0 Å². The second-order valence-electron chi connectivity index (χ2n) is 8.67. The van der Waals surface area contributed by atoms with Gasteiger partial charge in [-0.3, -0.25) is 19.4 Å². The maximum atomic E-state index is 13.0. The number of aromatic nitrogens is 2. The molecule has 2 aromatic carbocycles. The van der Waals surface area contributed by atoms with Crippen LogP contribution in [0.2, 0.25) is 0 Å². The summed E-state index contributed by atoms with van der Waals surface area (Å²) in [7, 11) is 0. The lowest BCUT2D eigenvalue weighted by Gasteiger charge is -2.36. The minimum absolute atomic E-state index is 0.126. The first-order chi connectivity index (χ1) is 15.5. The van der Waals surface area contributed by atoms with Gasteiger partial charge in [-0.05, 0) is 31.5 Å². The second-order valence-corrected chi connectivity index (χ2v) is 8.67. The largest absolute Gasteiger partial charge is 0.339 e. The molecule has 0 atom stereocenters. The molecule has 0 saturated carbocycles. The first kappa shape index (κ1) is 22.2. The average molecular weight is 434 g/mol. The third-order valence-electron chi connectivity index (χ3n) is 6.06. The molecule has 1 fully saturated rings. The molecule has 1 N–H and O–H groups in total. The molecular formula is C25H31N5O2. The van der Waals surface area contributed by atoms with E-state index in [0.29, 0.717) is 29.8 Å². The summed E-state index contributed by atoms with van der Waals surface area (Å²) in [5.74, 6) is 0.712. The first-order valence-corrected chi connectivity index (χ1v) is 11.3. The van der Waals surface area contributed by atoms with Crippen LogP contribution < -0.4 is 5.56 Å². The number of amides is 1. The summed E-state index contributed by atoms with van der Waals surface area (Å²) in [5, 5.41) is 0.580.